The van der Waals surface area contributed by atoms with Crippen LogP contribution in [0.1, 0.15) is 51.9 Å². The molecule has 0 spiro atoms. The number of carbonyl (C=O) groups is 1. The molecule has 0 aromatic carbocycles. The van der Waals surface area contributed by atoms with Crippen molar-refractivity contribution in [1.29, 1.82) is 0 Å². The highest BCUT2D eigenvalue weighted by molar-refractivity contribution is 5.85. The number of unbranched alkanes of at least 4 members (excludes halogenated alkanes) is 1. The van der Waals surface area contributed by atoms with E-state index in [0.717, 1.165) is 38.1 Å². The second kappa shape index (κ2) is 11.5. The summed E-state index contributed by atoms with van der Waals surface area (Å²) in [6, 6.07) is 0.243. The number of carbonyl (C=O) groups excluding carboxylic acids is 1. The van der Waals surface area contributed by atoms with Gasteiger partial charge in [-0.1, -0.05) is 6.92 Å². The Balaban J connectivity index is 0.00000220. The molecule has 2 aliphatic rings. The van der Waals surface area contributed by atoms with Crippen LogP contribution in [0.25, 0.3) is 0 Å². The van der Waals surface area contributed by atoms with Crippen LogP contribution in [-0.4, -0.2) is 43.0 Å². The number of hydrogen-bond donors (Lipinski definition) is 2. The van der Waals surface area contributed by atoms with Crippen LogP contribution in [0.5, 0.6) is 0 Å². The minimum atomic E-state index is 0. The highest BCUT2D eigenvalue weighted by Crippen LogP contribution is 2.24. The van der Waals surface area contributed by atoms with Crippen LogP contribution in [0.15, 0.2) is 0 Å². The fourth-order valence-electron chi connectivity index (χ4n) is 3.36. The highest BCUT2D eigenvalue weighted by Gasteiger charge is 2.27. The third kappa shape index (κ3) is 7.49. The quantitative estimate of drug-likeness (QED) is 0.721. The predicted molar refractivity (Wildman–Crippen MR) is 96.9 cm³/mol. The number of nitrogens with zero attached hydrogens (tertiary/aromatic N) is 1. The van der Waals surface area contributed by atoms with Gasteiger partial charge in [0.15, 0.2) is 0 Å². The average Bonchev–Trinajstić information content (AvgIpc) is 2.87. The fourth-order valence-corrected chi connectivity index (χ4v) is 3.36. The Morgan fingerprint density at radius 3 is 2.41 bits per heavy atom. The molecule has 22 heavy (non-hydrogen) atoms. The summed E-state index contributed by atoms with van der Waals surface area (Å²) in [7, 11) is 0. The molecule has 0 bridgehead atoms. The van der Waals surface area contributed by atoms with Gasteiger partial charge in [-0.05, 0) is 70.5 Å². The zero-order valence-electron chi connectivity index (χ0n) is 13.8. The maximum Gasteiger partial charge on any atom is 0.223 e. The minimum Gasteiger partial charge on any atom is -0.356 e. The maximum absolute atomic E-state index is 11.9. The van der Waals surface area contributed by atoms with E-state index in [9.17, 15) is 4.79 Å². The molecule has 0 radical (unpaired) electrons. The Morgan fingerprint density at radius 1 is 1.14 bits per heavy atom. The number of rotatable bonds is 6. The van der Waals surface area contributed by atoms with Crippen LogP contribution in [-0.2, 0) is 4.79 Å². The Hall–Kier alpha value is -0.0300. The van der Waals surface area contributed by atoms with E-state index in [0.29, 0.717) is 0 Å². The zero-order valence-corrected chi connectivity index (χ0v) is 15.4. The summed E-state index contributed by atoms with van der Waals surface area (Å²) in [5.74, 6) is 1.31. The van der Waals surface area contributed by atoms with Crippen LogP contribution in [0.4, 0.5) is 0 Å². The van der Waals surface area contributed by atoms with E-state index in [2.05, 4.69) is 17.1 Å². The molecule has 1 amide bonds. The van der Waals surface area contributed by atoms with E-state index in [1.54, 1.807) is 0 Å². The van der Waals surface area contributed by atoms with Crippen LogP contribution in [0.3, 0.4) is 0 Å². The van der Waals surface area contributed by atoms with Gasteiger partial charge in [0.05, 0.1) is 0 Å². The first-order valence-corrected chi connectivity index (χ1v) is 8.41. The molecule has 2 atom stereocenters. The molecule has 1 saturated heterocycles. The lowest BCUT2D eigenvalue weighted by Gasteiger charge is -2.30. The summed E-state index contributed by atoms with van der Waals surface area (Å²) in [5.41, 5.74) is 5.85. The molecule has 1 aliphatic carbocycles. The van der Waals surface area contributed by atoms with Crippen molar-refractivity contribution < 1.29 is 4.79 Å². The molecule has 1 saturated carbocycles. The largest absolute Gasteiger partial charge is 0.356 e. The molecule has 1 heterocycles. The third-order valence-electron chi connectivity index (χ3n) is 4.92. The molecule has 2 fully saturated rings. The first-order chi connectivity index (χ1) is 9.65. The van der Waals surface area contributed by atoms with Crippen molar-refractivity contribution in [2.24, 2.45) is 17.6 Å². The monoisotopic (exact) mass is 353 g/mol. The molecule has 0 aromatic rings. The summed E-state index contributed by atoms with van der Waals surface area (Å²) in [6.07, 6.45) is 7.83. The first-order valence-electron chi connectivity index (χ1n) is 8.41. The molecule has 2 unspecified atom stereocenters. The third-order valence-corrected chi connectivity index (χ3v) is 4.92. The van der Waals surface area contributed by atoms with Gasteiger partial charge in [0.2, 0.25) is 5.91 Å². The maximum atomic E-state index is 11.9. The summed E-state index contributed by atoms with van der Waals surface area (Å²) in [4.78, 5) is 14.5. The Morgan fingerprint density at radius 2 is 1.82 bits per heavy atom. The molecule has 1 aliphatic heterocycles. The molecule has 3 N–H and O–H groups in total. The molecule has 132 valence electrons. The molecule has 2 rings (SSSR count). The van der Waals surface area contributed by atoms with Crippen molar-refractivity contribution in [2.45, 2.75) is 57.9 Å². The lowest BCUT2D eigenvalue weighted by Crippen LogP contribution is -2.34. The second-order valence-corrected chi connectivity index (χ2v) is 6.79. The predicted octanol–water partition coefficient (Wildman–Crippen LogP) is 2.59. The van der Waals surface area contributed by atoms with Gasteiger partial charge in [-0.2, -0.15) is 0 Å². The number of hydrogen-bond acceptors (Lipinski definition) is 3. The number of nitrogens with one attached hydrogen (secondary N) is 1. The summed E-state index contributed by atoms with van der Waals surface area (Å²) in [6.45, 7) is 6.88. The van der Waals surface area contributed by atoms with E-state index in [-0.39, 0.29) is 42.7 Å². The highest BCUT2D eigenvalue weighted by atomic mass is 35.5. The lowest BCUT2D eigenvalue weighted by atomic mass is 9.99. The Bertz CT molecular complexity index is 310. The lowest BCUT2D eigenvalue weighted by molar-refractivity contribution is -0.124. The van der Waals surface area contributed by atoms with Crippen LogP contribution < -0.4 is 11.1 Å². The molecule has 0 aromatic heterocycles. The van der Waals surface area contributed by atoms with Crippen molar-refractivity contribution in [3.63, 3.8) is 0 Å². The van der Waals surface area contributed by atoms with Crippen molar-refractivity contribution in [3.05, 3.63) is 0 Å². The van der Waals surface area contributed by atoms with Gasteiger partial charge in [0.1, 0.15) is 0 Å². The molecule has 6 heteroatoms. The summed E-state index contributed by atoms with van der Waals surface area (Å²) >= 11 is 0. The van der Waals surface area contributed by atoms with Crippen molar-refractivity contribution >= 4 is 30.7 Å². The Kier molecular flexibility index (Phi) is 11.5. The van der Waals surface area contributed by atoms with Crippen molar-refractivity contribution in [2.75, 3.05) is 26.2 Å². The fraction of sp³-hybridized carbons (Fsp3) is 0.938. The minimum absolute atomic E-state index is 0. The number of piperidine rings is 1. The number of amides is 1. The van der Waals surface area contributed by atoms with E-state index >= 15 is 0 Å². The van der Waals surface area contributed by atoms with Gasteiger partial charge in [-0.25, -0.2) is 0 Å². The molecular weight excluding hydrogens is 321 g/mol. The standard InChI is InChI=1S/C16H31N3O.2ClH/c1-13-6-10-19(11-7-13)9-3-2-8-18-16(20)14-4-5-15(17)12-14;;/h13-15H,2-12,17H2,1H3,(H,18,20);2*1H. The summed E-state index contributed by atoms with van der Waals surface area (Å²) < 4.78 is 0. The normalized spacial score (nSPS) is 26.1. The smallest absolute Gasteiger partial charge is 0.223 e. The van der Waals surface area contributed by atoms with Crippen LogP contribution in [0, 0.1) is 11.8 Å². The van der Waals surface area contributed by atoms with Gasteiger partial charge in [0.25, 0.3) is 0 Å². The van der Waals surface area contributed by atoms with E-state index in [1.807, 2.05) is 0 Å². The number of nitrogens with two attached hydrogens (primary N) is 1. The zero-order chi connectivity index (χ0) is 14.4. The van der Waals surface area contributed by atoms with E-state index in [1.165, 1.54) is 38.9 Å². The Labute approximate surface area is 147 Å². The second-order valence-electron chi connectivity index (χ2n) is 6.79. The van der Waals surface area contributed by atoms with Gasteiger partial charge < -0.3 is 16.0 Å². The van der Waals surface area contributed by atoms with Gasteiger partial charge in [-0.3, -0.25) is 4.79 Å². The van der Waals surface area contributed by atoms with Crippen LogP contribution >= 0.6 is 24.8 Å². The topological polar surface area (TPSA) is 58.4 Å². The van der Waals surface area contributed by atoms with Crippen LogP contribution in [0.2, 0.25) is 0 Å². The van der Waals surface area contributed by atoms with Crippen molar-refractivity contribution in [3.8, 4) is 0 Å². The van der Waals surface area contributed by atoms with Gasteiger partial charge in [-0.15, -0.1) is 24.8 Å². The number of halogens is 2. The van der Waals surface area contributed by atoms with E-state index < -0.39 is 0 Å². The van der Waals surface area contributed by atoms with Gasteiger partial charge in [0, 0.05) is 18.5 Å². The van der Waals surface area contributed by atoms with E-state index in [4.69, 9.17) is 5.73 Å². The van der Waals surface area contributed by atoms with Crippen molar-refractivity contribution in [1.82, 2.24) is 10.2 Å². The molecule has 4 nitrogen and oxygen atoms in total. The SMILES string of the molecule is CC1CCN(CCCCNC(=O)C2CCC(N)C2)CC1.Cl.Cl. The van der Waals surface area contributed by atoms with Gasteiger partial charge >= 0.3 is 0 Å². The first kappa shape index (κ1) is 22.0. The number of likely N-dealkylation sites (tertiary alicyclic amines) is 1. The average molecular weight is 354 g/mol. The molecular formula is C16H33Cl2N3O. The summed E-state index contributed by atoms with van der Waals surface area (Å²) in [5, 5.41) is 3.08.